The number of pyridine rings is 1. The van der Waals surface area contributed by atoms with Crippen molar-refractivity contribution in [2.45, 2.75) is 19.9 Å². The normalized spacial score (nSPS) is 15.2. The summed E-state index contributed by atoms with van der Waals surface area (Å²) in [5, 5.41) is 2.98. The van der Waals surface area contributed by atoms with Crippen molar-refractivity contribution in [2.24, 2.45) is 0 Å². The number of nitrogens with one attached hydrogen (secondary N) is 1. The zero-order valence-corrected chi connectivity index (χ0v) is 15.1. The van der Waals surface area contributed by atoms with Crippen molar-refractivity contribution < 1.29 is 9.36 Å². The second-order valence-electron chi connectivity index (χ2n) is 6.75. The van der Waals surface area contributed by atoms with Gasteiger partial charge in [-0.25, -0.2) is 4.57 Å². The molecule has 0 bridgehead atoms. The van der Waals surface area contributed by atoms with Crippen LogP contribution in [0.25, 0.3) is 0 Å². The molecule has 0 saturated carbocycles. The molecule has 1 aromatic carbocycles. The lowest BCUT2D eigenvalue weighted by Crippen LogP contribution is -2.44. The van der Waals surface area contributed by atoms with Crippen LogP contribution in [-0.2, 0) is 11.3 Å². The number of nitrogens with zero attached hydrogens (tertiary/aromatic N) is 3. The molecule has 1 aliphatic heterocycles. The zero-order valence-electron chi connectivity index (χ0n) is 15.1. The Balaban J connectivity index is 1.49. The van der Waals surface area contributed by atoms with Crippen molar-refractivity contribution in [3.05, 3.63) is 54.4 Å². The predicted molar refractivity (Wildman–Crippen MR) is 101 cm³/mol. The van der Waals surface area contributed by atoms with E-state index in [-0.39, 0.29) is 5.91 Å². The van der Waals surface area contributed by atoms with Crippen LogP contribution in [0.2, 0.25) is 0 Å². The largest absolute Gasteiger partial charge is 0.369 e. The maximum absolute atomic E-state index is 12.1. The zero-order chi connectivity index (χ0) is 17.6. The predicted octanol–water partition coefficient (Wildman–Crippen LogP) is 2.06. The van der Waals surface area contributed by atoms with Gasteiger partial charge in [0.15, 0.2) is 18.9 Å². The lowest BCUT2D eigenvalue weighted by Gasteiger charge is -2.34. The summed E-state index contributed by atoms with van der Waals surface area (Å²) in [6.45, 7) is 7.03. The molecule has 132 valence electrons. The highest BCUT2D eigenvalue weighted by Crippen LogP contribution is 2.19. The third-order valence-electron chi connectivity index (χ3n) is 4.67. The minimum absolute atomic E-state index is 0.0421. The van der Waals surface area contributed by atoms with Crippen molar-refractivity contribution in [1.82, 2.24) is 4.90 Å². The van der Waals surface area contributed by atoms with Crippen LogP contribution < -0.4 is 14.8 Å². The van der Waals surface area contributed by atoms with Crippen molar-refractivity contribution >= 4 is 17.3 Å². The number of hydrogen-bond donors (Lipinski definition) is 1. The van der Waals surface area contributed by atoms with Gasteiger partial charge in [0.25, 0.3) is 0 Å². The standard InChI is InChI=1S/C20H26N4O/c1-17-7-10-23(11-8-17)12-9-20(25)21-18-3-5-19(6-4-18)24-15-13-22(2)14-16-24/h3-8,10-11H,9,12-16H2,1-2H3/p+1. The molecule has 0 radical (unpaired) electrons. The van der Waals surface area contributed by atoms with Gasteiger partial charge in [-0.05, 0) is 43.8 Å². The van der Waals surface area contributed by atoms with Gasteiger partial charge in [0, 0.05) is 49.7 Å². The average molecular weight is 339 g/mol. The number of anilines is 2. The summed E-state index contributed by atoms with van der Waals surface area (Å²) in [4.78, 5) is 16.9. The van der Waals surface area contributed by atoms with E-state index in [1.165, 1.54) is 11.3 Å². The second kappa shape index (κ2) is 8.12. The summed E-state index contributed by atoms with van der Waals surface area (Å²) in [6, 6.07) is 12.3. The molecule has 1 saturated heterocycles. The fourth-order valence-electron chi connectivity index (χ4n) is 2.96. The molecular formula is C20H27N4O+. The van der Waals surface area contributed by atoms with Crippen LogP contribution in [0.5, 0.6) is 0 Å². The first kappa shape index (κ1) is 17.4. The third-order valence-corrected chi connectivity index (χ3v) is 4.67. The fraction of sp³-hybridized carbons (Fsp3) is 0.400. The number of hydrogen-bond acceptors (Lipinski definition) is 3. The lowest BCUT2D eigenvalue weighted by atomic mass is 10.2. The van der Waals surface area contributed by atoms with Crippen LogP contribution in [0.1, 0.15) is 12.0 Å². The molecule has 2 aromatic rings. The van der Waals surface area contributed by atoms with Crippen molar-refractivity contribution in [3.63, 3.8) is 0 Å². The highest BCUT2D eigenvalue weighted by atomic mass is 16.1. The van der Waals surface area contributed by atoms with Gasteiger partial charge in [-0.3, -0.25) is 4.79 Å². The maximum Gasteiger partial charge on any atom is 0.230 e. The van der Waals surface area contributed by atoms with Gasteiger partial charge in [-0.1, -0.05) is 0 Å². The molecule has 0 atom stereocenters. The van der Waals surface area contributed by atoms with Crippen LogP contribution in [0.3, 0.4) is 0 Å². The number of likely N-dealkylation sites (N-methyl/N-ethyl adjacent to an activating group) is 1. The first-order valence-electron chi connectivity index (χ1n) is 8.89. The van der Waals surface area contributed by atoms with E-state index in [2.05, 4.69) is 53.4 Å². The summed E-state index contributed by atoms with van der Waals surface area (Å²) in [5.74, 6) is 0.0421. The quantitative estimate of drug-likeness (QED) is 0.848. The Morgan fingerprint density at radius 3 is 2.32 bits per heavy atom. The molecule has 0 unspecified atom stereocenters. The Kier molecular flexibility index (Phi) is 5.66. The number of rotatable bonds is 5. The SMILES string of the molecule is Cc1cc[n+](CCC(=O)Nc2ccc(N3CCN(C)CC3)cc2)cc1. The van der Waals surface area contributed by atoms with Crippen LogP contribution in [-0.4, -0.2) is 44.0 Å². The first-order valence-corrected chi connectivity index (χ1v) is 8.89. The van der Waals surface area contributed by atoms with E-state index in [4.69, 9.17) is 0 Å². The fourth-order valence-corrected chi connectivity index (χ4v) is 2.96. The van der Waals surface area contributed by atoms with E-state index in [0.717, 1.165) is 31.9 Å². The monoisotopic (exact) mass is 339 g/mol. The van der Waals surface area contributed by atoms with Gasteiger partial charge in [-0.2, -0.15) is 0 Å². The maximum atomic E-state index is 12.1. The summed E-state index contributed by atoms with van der Waals surface area (Å²) < 4.78 is 2.03. The molecule has 1 amide bonds. The number of aryl methyl sites for hydroxylation is 2. The van der Waals surface area contributed by atoms with Gasteiger partial charge < -0.3 is 15.1 Å². The van der Waals surface area contributed by atoms with E-state index >= 15 is 0 Å². The van der Waals surface area contributed by atoms with E-state index in [1.54, 1.807) is 0 Å². The summed E-state index contributed by atoms with van der Waals surface area (Å²) in [5.41, 5.74) is 3.30. The Morgan fingerprint density at radius 1 is 1.04 bits per heavy atom. The minimum atomic E-state index is 0.0421. The van der Waals surface area contributed by atoms with E-state index in [9.17, 15) is 4.79 Å². The van der Waals surface area contributed by atoms with E-state index in [0.29, 0.717) is 13.0 Å². The summed E-state index contributed by atoms with van der Waals surface area (Å²) in [7, 11) is 2.16. The number of amides is 1. The Morgan fingerprint density at radius 2 is 1.68 bits per heavy atom. The van der Waals surface area contributed by atoms with E-state index in [1.807, 2.05) is 29.1 Å². The Bertz CT molecular complexity index is 689. The first-order chi connectivity index (χ1) is 12.1. The third kappa shape index (κ3) is 5.03. The molecule has 3 rings (SSSR count). The Hall–Kier alpha value is -2.40. The number of carbonyl (C=O) groups excluding carboxylic acids is 1. The second-order valence-corrected chi connectivity index (χ2v) is 6.75. The van der Waals surface area contributed by atoms with Crippen molar-refractivity contribution in [2.75, 3.05) is 43.4 Å². The van der Waals surface area contributed by atoms with E-state index < -0.39 is 0 Å². The molecule has 2 heterocycles. The number of carbonyl (C=O) groups is 1. The van der Waals surface area contributed by atoms with Crippen molar-refractivity contribution in [3.8, 4) is 0 Å². The highest BCUT2D eigenvalue weighted by Gasteiger charge is 2.14. The molecule has 1 aromatic heterocycles. The molecule has 0 aliphatic carbocycles. The summed E-state index contributed by atoms with van der Waals surface area (Å²) >= 11 is 0. The number of benzene rings is 1. The van der Waals surface area contributed by atoms with Gasteiger partial charge in [0.2, 0.25) is 5.91 Å². The molecule has 0 spiro atoms. The summed E-state index contributed by atoms with van der Waals surface area (Å²) in [6.07, 6.45) is 4.48. The Labute approximate surface area is 149 Å². The molecule has 5 heteroatoms. The molecule has 25 heavy (non-hydrogen) atoms. The highest BCUT2D eigenvalue weighted by molar-refractivity contribution is 5.90. The van der Waals surface area contributed by atoms with Gasteiger partial charge in [0.05, 0.1) is 6.42 Å². The van der Waals surface area contributed by atoms with Gasteiger partial charge in [-0.15, -0.1) is 0 Å². The van der Waals surface area contributed by atoms with Gasteiger partial charge in [0.1, 0.15) is 0 Å². The smallest absolute Gasteiger partial charge is 0.230 e. The van der Waals surface area contributed by atoms with Gasteiger partial charge >= 0.3 is 0 Å². The minimum Gasteiger partial charge on any atom is -0.369 e. The van der Waals surface area contributed by atoms with Crippen LogP contribution in [0.4, 0.5) is 11.4 Å². The van der Waals surface area contributed by atoms with Crippen LogP contribution in [0, 0.1) is 6.92 Å². The topological polar surface area (TPSA) is 39.5 Å². The lowest BCUT2D eigenvalue weighted by molar-refractivity contribution is -0.695. The molecule has 1 aliphatic rings. The van der Waals surface area contributed by atoms with Crippen LogP contribution in [0.15, 0.2) is 48.8 Å². The van der Waals surface area contributed by atoms with Crippen molar-refractivity contribution in [1.29, 1.82) is 0 Å². The number of aromatic nitrogens is 1. The average Bonchev–Trinajstić information content (AvgIpc) is 2.63. The molecular weight excluding hydrogens is 312 g/mol. The number of piperazine rings is 1. The molecule has 1 fully saturated rings. The van der Waals surface area contributed by atoms with Crippen LogP contribution >= 0.6 is 0 Å². The molecule has 1 N–H and O–H groups in total. The molecule has 5 nitrogen and oxygen atoms in total.